The van der Waals surface area contributed by atoms with Crippen LogP contribution in [0.4, 0.5) is 17.2 Å². The van der Waals surface area contributed by atoms with Gasteiger partial charge in [0.05, 0.1) is 16.3 Å². The predicted octanol–water partition coefficient (Wildman–Crippen LogP) is 3.53. The Hall–Kier alpha value is -3.68. The van der Waals surface area contributed by atoms with Crippen molar-refractivity contribution in [2.45, 2.75) is 6.92 Å². The number of hydrogen-bond donors (Lipinski definition) is 2. The molecule has 126 valence electrons. The van der Waals surface area contributed by atoms with Gasteiger partial charge in [-0.2, -0.15) is 0 Å². The molecule has 1 aromatic heterocycles. The molecule has 1 heterocycles. The fourth-order valence-electron chi connectivity index (χ4n) is 2.47. The highest BCUT2D eigenvalue weighted by Gasteiger charge is 2.22. The molecule has 0 unspecified atom stereocenters. The van der Waals surface area contributed by atoms with Gasteiger partial charge in [-0.1, -0.05) is 18.2 Å². The van der Waals surface area contributed by atoms with Crippen LogP contribution >= 0.6 is 0 Å². The van der Waals surface area contributed by atoms with Crippen LogP contribution in [0, 0.1) is 17.0 Å². The third-order valence-electron chi connectivity index (χ3n) is 3.67. The standard InChI is InChI=1S/C17H14N4O4/c1-11-15(17(22)23)16(18-12-5-3-2-4-6-12)19-20(11)13-7-9-14(10-8-13)21(24)25/h2-10H,1H3,(H,18,19)(H,22,23). The van der Waals surface area contributed by atoms with E-state index in [9.17, 15) is 20.0 Å². The number of aromatic nitrogens is 2. The van der Waals surface area contributed by atoms with Crippen LogP contribution < -0.4 is 5.32 Å². The molecule has 0 amide bonds. The van der Waals surface area contributed by atoms with Gasteiger partial charge >= 0.3 is 5.97 Å². The lowest BCUT2D eigenvalue weighted by atomic mass is 10.2. The molecule has 0 aliphatic heterocycles. The summed E-state index contributed by atoms with van der Waals surface area (Å²) in [6.07, 6.45) is 0. The van der Waals surface area contributed by atoms with Gasteiger partial charge in [-0.25, -0.2) is 9.48 Å². The highest BCUT2D eigenvalue weighted by Crippen LogP contribution is 2.26. The number of rotatable bonds is 5. The molecule has 0 aliphatic rings. The largest absolute Gasteiger partial charge is 0.477 e. The summed E-state index contributed by atoms with van der Waals surface area (Å²) in [6, 6.07) is 14.8. The summed E-state index contributed by atoms with van der Waals surface area (Å²) < 4.78 is 1.44. The fourth-order valence-corrected chi connectivity index (χ4v) is 2.47. The average molecular weight is 338 g/mol. The van der Waals surface area contributed by atoms with Crippen molar-refractivity contribution in [3.8, 4) is 5.69 Å². The minimum absolute atomic E-state index is 0.0437. The van der Waals surface area contributed by atoms with E-state index in [0.29, 0.717) is 17.1 Å². The van der Waals surface area contributed by atoms with Crippen LogP contribution in [0.1, 0.15) is 16.1 Å². The zero-order chi connectivity index (χ0) is 18.0. The van der Waals surface area contributed by atoms with Crippen LogP contribution in [-0.2, 0) is 0 Å². The molecule has 2 aromatic carbocycles. The highest BCUT2D eigenvalue weighted by molar-refractivity contribution is 5.95. The van der Waals surface area contributed by atoms with Crippen LogP contribution in [0.3, 0.4) is 0 Å². The summed E-state index contributed by atoms with van der Waals surface area (Å²) in [5.41, 5.74) is 1.65. The fraction of sp³-hybridized carbons (Fsp3) is 0.0588. The number of carboxylic acids is 1. The van der Waals surface area contributed by atoms with Gasteiger partial charge < -0.3 is 10.4 Å². The SMILES string of the molecule is Cc1c(C(=O)O)c(Nc2ccccc2)nn1-c1ccc([N+](=O)[O-])cc1. The second kappa shape index (κ2) is 6.44. The van der Waals surface area contributed by atoms with Gasteiger partial charge in [-0.15, -0.1) is 5.10 Å². The average Bonchev–Trinajstić information content (AvgIpc) is 2.92. The number of nitrogens with one attached hydrogen (secondary N) is 1. The Labute approximate surface area is 142 Å². The number of anilines is 2. The monoisotopic (exact) mass is 338 g/mol. The van der Waals surface area contributed by atoms with Gasteiger partial charge in [0.25, 0.3) is 5.69 Å². The first-order valence-corrected chi connectivity index (χ1v) is 7.37. The predicted molar refractivity (Wildman–Crippen MR) is 91.6 cm³/mol. The van der Waals surface area contributed by atoms with E-state index in [1.165, 1.54) is 28.9 Å². The molecule has 2 N–H and O–H groups in total. The maximum absolute atomic E-state index is 11.6. The van der Waals surface area contributed by atoms with Crippen LogP contribution in [-0.4, -0.2) is 25.8 Å². The molecule has 25 heavy (non-hydrogen) atoms. The minimum atomic E-state index is -1.11. The zero-order valence-electron chi connectivity index (χ0n) is 13.2. The van der Waals surface area contributed by atoms with Crippen LogP contribution in [0.15, 0.2) is 54.6 Å². The number of carbonyl (C=O) groups is 1. The smallest absolute Gasteiger partial charge is 0.341 e. The third kappa shape index (κ3) is 3.18. The molecule has 0 atom stereocenters. The van der Waals surface area contributed by atoms with Crippen LogP contribution in [0.2, 0.25) is 0 Å². The maximum atomic E-state index is 11.6. The molecular formula is C17H14N4O4. The molecule has 8 nitrogen and oxygen atoms in total. The first-order valence-electron chi connectivity index (χ1n) is 7.37. The number of para-hydroxylation sites is 1. The van der Waals surface area contributed by atoms with Crippen LogP contribution in [0.5, 0.6) is 0 Å². The molecular weight excluding hydrogens is 324 g/mol. The van der Waals surface area contributed by atoms with E-state index in [0.717, 1.165) is 0 Å². The molecule has 0 bridgehead atoms. The Morgan fingerprint density at radius 2 is 1.80 bits per heavy atom. The van der Waals surface area contributed by atoms with Crippen molar-refractivity contribution in [3.05, 3.63) is 76.0 Å². The van der Waals surface area contributed by atoms with E-state index in [1.807, 2.05) is 18.2 Å². The highest BCUT2D eigenvalue weighted by atomic mass is 16.6. The van der Waals surface area contributed by atoms with Crippen molar-refractivity contribution in [2.75, 3.05) is 5.32 Å². The van der Waals surface area contributed by atoms with Gasteiger partial charge in [-0.05, 0) is 31.2 Å². The van der Waals surface area contributed by atoms with Crippen molar-refractivity contribution in [3.63, 3.8) is 0 Å². The van der Waals surface area contributed by atoms with Gasteiger partial charge in [0.15, 0.2) is 5.82 Å². The lowest BCUT2D eigenvalue weighted by molar-refractivity contribution is -0.384. The number of nitro benzene ring substituents is 1. The first-order chi connectivity index (χ1) is 12.0. The van der Waals surface area contributed by atoms with Crippen LogP contribution in [0.25, 0.3) is 5.69 Å². The van der Waals surface area contributed by atoms with E-state index in [1.54, 1.807) is 19.1 Å². The van der Waals surface area contributed by atoms with Gasteiger partial charge in [-0.3, -0.25) is 10.1 Å². The summed E-state index contributed by atoms with van der Waals surface area (Å²) in [7, 11) is 0. The topological polar surface area (TPSA) is 110 Å². The summed E-state index contributed by atoms with van der Waals surface area (Å²) in [5, 5.41) is 27.6. The third-order valence-corrected chi connectivity index (χ3v) is 3.67. The lowest BCUT2D eigenvalue weighted by Gasteiger charge is -2.04. The Morgan fingerprint density at radius 1 is 1.16 bits per heavy atom. The van der Waals surface area contributed by atoms with E-state index >= 15 is 0 Å². The Bertz CT molecular complexity index is 933. The molecule has 0 saturated heterocycles. The van der Waals surface area contributed by atoms with Crippen molar-refractivity contribution >= 4 is 23.2 Å². The second-order valence-electron chi connectivity index (χ2n) is 5.29. The number of non-ortho nitro benzene ring substituents is 1. The van der Waals surface area contributed by atoms with E-state index in [-0.39, 0.29) is 17.1 Å². The minimum Gasteiger partial charge on any atom is -0.477 e. The molecule has 0 fully saturated rings. The second-order valence-corrected chi connectivity index (χ2v) is 5.29. The Morgan fingerprint density at radius 3 is 2.36 bits per heavy atom. The number of aromatic carboxylic acids is 1. The Kier molecular flexibility index (Phi) is 4.17. The van der Waals surface area contributed by atoms with Gasteiger partial charge in [0.1, 0.15) is 5.56 Å². The maximum Gasteiger partial charge on any atom is 0.341 e. The Balaban J connectivity index is 2.04. The summed E-state index contributed by atoms with van der Waals surface area (Å²) in [6.45, 7) is 1.63. The molecule has 3 aromatic rings. The molecule has 0 radical (unpaired) electrons. The van der Waals surface area contributed by atoms with E-state index in [2.05, 4.69) is 10.4 Å². The van der Waals surface area contributed by atoms with Gasteiger partial charge in [0.2, 0.25) is 0 Å². The number of carboxylic acid groups (broad SMARTS) is 1. The van der Waals surface area contributed by atoms with Crippen molar-refractivity contribution in [1.82, 2.24) is 9.78 Å². The summed E-state index contributed by atoms with van der Waals surface area (Å²) in [5.74, 6) is -0.904. The molecule has 0 saturated carbocycles. The molecule has 0 spiro atoms. The number of hydrogen-bond acceptors (Lipinski definition) is 5. The van der Waals surface area contributed by atoms with Gasteiger partial charge in [0, 0.05) is 17.8 Å². The van der Waals surface area contributed by atoms with Crippen molar-refractivity contribution in [2.24, 2.45) is 0 Å². The summed E-state index contributed by atoms with van der Waals surface area (Å²) >= 11 is 0. The van der Waals surface area contributed by atoms with E-state index < -0.39 is 10.9 Å². The normalized spacial score (nSPS) is 10.4. The molecule has 0 aliphatic carbocycles. The number of nitro groups is 1. The number of benzene rings is 2. The quantitative estimate of drug-likeness (QED) is 0.544. The van der Waals surface area contributed by atoms with Crippen molar-refractivity contribution < 1.29 is 14.8 Å². The van der Waals surface area contributed by atoms with E-state index in [4.69, 9.17) is 0 Å². The number of nitrogens with zero attached hydrogens (tertiary/aromatic N) is 3. The first kappa shape index (κ1) is 16.2. The molecule has 8 heteroatoms. The zero-order valence-corrected chi connectivity index (χ0v) is 13.2. The van der Waals surface area contributed by atoms with Crippen molar-refractivity contribution in [1.29, 1.82) is 0 Å². The molecule has 3 rings (SSSR count). The lowest BCUT2D eigenvalue weighted by Crippen LogP contribution is -2.03. The summed E-state index contributed by atoms with van der Waals surface area (Å²) in [4.78, 5) is 21.9.